The zero-order chi connectivity index (χ0) is 15.1. The molecule has 1 N–H and O–H groups in total. The van der Waals surface area contributed by atoms with Crippen molar-refractivity contribution in [3.63, 3.8) is 0 Å². The molecule has 21 heavy (non-hydrogen) atoms. The summed E-state index contributed by atoms with van der Waals surface area (Å²) in [4.78, 5) is 13.9. The van der Waals surface area contributed by atoms with E-state index in [1.165, 1.54) is 5.56 Å². The lowest BCUT2D eigenvalue weighted by atomic mass is 10.2. The van der Waals surface area contributed by atoms with Gasteiger partial charge in [0.05, 0.1) is 0 Å². The molecular formula is C14H17ClN4OS. The number of nitrogens with one attached hydrogen (secondary N) is 1. The third-order valence-corrected chi connectivity index (χ3v) is 3.91. The molecule has 1 amide bonds. The van der Waals surface area contributed by atoms with Crippen molar-refractivity contribution in [2.24, 2.45) is 0 Å². The maximum atomic E-state index is 11.7. The van der Waals surface area contributed by atoms with Crippen molar-refractivity contribution in [1.29, 1.82) is 0 Å². The van der Waals surface area contributed by atoms with E-state index in [2.05, 4.69) is 39.6 Å². The zero-order valence-corrected chi connectivity index (χ0v) is 13.3. The summed E-state index contributed by atoms with van der Waals surface area (Å²) < 4.78 is 0.280. The predicted molar refractivity (Wildman–Crippen MR) is 84.6 cm³/mol. The van der Waals surface area contributed by atoms with Gasteiger partial charge in [-0.15, -0.1) is 10.2 Å². The molecule has 0 aliphatic heterocycles. The molecule has 0 atom stereocenters. The first-order valence-electron chi connectivity index (χ1n) is 6.65. The van der Waals surface area contributed by atoms with Crippen molar-refractivity contribution in [3.05, 3.63) is 45.4 Å². The molecule has 0 saturated carbocycles. The molecule has 0 aliphatic carbocycles. The number of halogens is 1. The Balaban J connectivity index is 1.64. The fourth-order valence-corrected chi connectivity index (χ4v) is 2.64. The molecule has 0 spiro atoms. The van der Waals surface area contributed by atoms with E-state index in [0.717, 1.165) is 30.8 Å². The molecule has 0 bridgehead atoms. The first-order valence-corrected chi connectivity index (χ1v) is 7.84. The molecule has 1 aromatic carbocycles. The van der Waals surface area contributed by atoms with Gasteiger partial charge in [0.15, 0.2) is 0 Å². The van der Waals surface area contributed by atoms with Gasteiger partial charge in [-0.25, -0.2) is 0 Å². The molecule has 0 aliphatic rings. The molecule has 1 aromatic heterocycles. The number of nitrogens with zero attached hydrogens (tertiary/aromatic N) is 3. The summed E-state index contributed by atoms with van der Waals surface area (Å²) in [5.41, 5.74) is 1.28. The van der Waals surface area contributed by atoms with E-state index in [4.69, 9.17) is 11.6 Å². The number of aromatic nitrogens is 2. The van der Waals surface area contributed by atoms with Gasteiger partial charge in [-0.05, 0) is 37.2 Å². The van der Waals surface area contributed by atoms with Gasteiger partial charge < -0.3 is 10.2 Å². The Bertz CT molecular complexity index is 575. The van der Waals surface area contributed by atoms with Crippen molar-refractivity contribution in [2.75, 3.05) is 20.1 Å². The van der Waals surface area contributed by atoms with Crippen LogP contribution in [0.5, 0.6) is 0 Å². The van der Waals surface area contributed by atoms with Crippen molar-refractivity contribution in [2.45, 2.75) is 13.0 Å². The Hall–Kier alpha value is -1.50. The van der Waals surface area contributed by atoms with E-state index in [9.17, 15) is 4.79 Å². The minimum atomic E-state index is -0.217. The van der Waals surface area contributed by atoms with Crippen LogP contribution in [-0.4, -0.2) is 41.1 Å². The van der Waals surface area contributed by atoms with E-state index < -0.39 is 0 Å². The summed E-state index contributed by atoms with van der Waals surface area (Å²) in [5.74, 6) is -0.217. The molecule has 0 saturated heterocycles. The van der Waals surface area contributed by atoms with Gasteiger partial charge in [-0.1, -0.05) is 41.7 Å². The van der Waals surface area contributed by atoms with Gasteiger partial charge in [0, 0.05) is 13.1 Å². The van der Waals surface area contributed by atoms with E-state index >= 15 is 0 Å². The van der Waals surface area contributed by atoms with Crippen LogP contribution < -0.4 is 5.32 Å². The van der Waals surface area contributed by atoms with Crippen LogP contribution in [0, 0.1) is 0 Å². The first-order chi connectivity index (χ1) is 10.1. The van der Waals surface area contributed by atoms with Crippen LogP contribution in [0.2, 0.25) is 4.47 Å². The van der Waals surface area contributed by atoms with Crippen molar-refractivity contribution >= 4 is 28.8 Å². The normalized spacial score (nSPS) is 10.8. The second-order valence-electron chi connectivity index (χ2n) is 4.69. The molecular weight excluding hydrogens is 308 g/mol. The monoisotopic (exact) mass is 324 g/mol. The van der Waals surface area contributed by atoms with Crippen LogP contribution >= 0.6 is 22.9 Å². The zero-order valence-electron chi connectivity index (χ0n) is 11.8. The Kier molecular flexibility index (Phi) is 6.10. The molecule has 112 valence electrons. The van der Waals surface area contributed by atoms with E-state index in [1.807, 2.05) is 18.2 Å². The highest BCUT2D eigenvalue weighted by molar-refractivity contribution is 7.17. The predicted octanol–water partition coefficient (Wildman–Crippen LogP) is 2.44. The fourth-order valence-electron chi connectivity index (χ4n) is 1.90. The van der Waals surface area contributed by atoms with Crippen molar-refractivity contribution in [3.8, 4) is 0 Å². The van der Waals surface area contributed by atoms with E-state index in [0.29, 0.717) is 11.6 Å². The van der Waals surface area contributed by atoms with Crippen molar-refractivity contribution < 1.29 is 4.79 Å². The SMILES string of the molecule is CN(CCCNC(=O)c1nnc(Cl)s1)Cc1ccccc1. The fraction of sp³-hybridized carbons (Fsp3) is 0.357. The van der Waals surface area contributed by atoms with Gasteiger partial charge in [0.2, 0.25) is 9.47 Å². The van der Waals surface area contributed by atoms with Gasteiger partial charge in [-0.2, -0.15) is 0 Å². The second kappa shape index (κ2) is 8.07. The summed E-state index contributed by atoms with van der Waals surface area (Å²) in [7, 11) is 2.07. The average Bonchev–Trinajstić information content (AvgIpc) is 2.91. The Morgan fingerprint density at radius 2 is 2.10 bits per heavy atom. The van der Waals surface area contributed by atoms with Crippen LogP contribution in [0.3, 0.4) is 0 Å². The summed E-state index contributed by atoms with van der Waals surface area (Å²) in [5, 5.41) is 10.4. The molecule has 5 nitrogen and oxygen atoms in total. The highest BCUT2D eigenvalue weighted by Crippen LogP contribution is 2.14. The molecule has 0 radical (unpaired) electrons. The smallest absolute Gasteiger partial charge is 0.282 e. The van der Waals surface area contributed by atoms with Gasteiger partial charge in [0.25, 0.3) is 5.91 Å². The summed E-state index contributed by atoms with van der Waals surface area (Å²) >= 11 is 6.73. The molecule has 2 rings (SSSR count). The number of carbonyl (C=O) groups is 1. The maximum absolute atomic E-state index is 11.7. The van der Waals surface area contributed by atoms with Gasteiger partial charge in [0.1, 0.15) is 0 Å². The Labute approximate surface area is 133 Å². The number of carbonyl (C=O) groups excluding carboxylic acids is 1. The second-order valence-corrected chi connectivity index (χ2v) is 6.25. The maximum Gasteiger partial charge on any atom is 0.282 e. The number of rotatable bonds is 7. The molecule has 0 unspecified atom stereocenters. The quantitative estimate of drug-likeness (QED) is 0.795. The van der Waals surface area contributed by atoms with Crippen LogP contribution in [0.4, 0.5) is 0 Å². The first kappa shape index (κ1) is 15.9. The number of hydrogen-bond acceptors (Lipinski definition) is 5. The minimum absolute atomic E-state index is 0.217. The van der Waals surface area contributed by atoms with E-state index in [-0.39, 0.29) is 10.4 Å². The lowest BCUT2D eigenvalue weighted by Gasteiger charge is -2.16. The third kappa shape index (κ3) is 5.41. The van der Waals surface area contributed by atoms with Crippen LogP contribution in [0.25, 0.3) is 0 Å². The minimum Gasteiger partial charge on any atom is -0.350 e. The van der Waals surface area contributed by atoms with Crippen LogP contribution in [-0.2, 0) is 6.54 Å². The molecule has 2 aromatic rings. The average molecular weight is 325 g/mol. The summed E-state index contributed by atoms with van der Waals surface area (Å²) in [6, 6.07) is 10.3. The van der Waals surface area contributed by atoms with Crippen LogP contribution in [0.1, 0.15) is 21.8 Å². The number of amides is 1. The van der Waals surface area contributed by atoms with Crippen molar-refractivity contribution in [1.82, 2.24) is 20.4 Å². The Morgan fingerprint density at radius 1 is 1.33 bits per heavy atom. The highest BCUT2D eigenvalue weighted by Gasteiger charge is 2.11. The largest absolute Gasteiger partial charge is 0.350 e. The third-order valence-electron chi connectivity index (χ3n) is 2.89. The topological polar surface area (TPSA) is 58.1 Å². The number of benzene rings is 1. The van der Waals surface area contributed by atoms with Gasteiger partial charge in [-0.3, -0.25) is 4.79 Å². The summed E-state index contributed by atoms with van der Waals surface area (Å²) in [6.07, 6.45) is 0.877. The lowest BCUT2D eigenvalue weighted by Crippen LogP contribution is -2.28. The summed E-state index contributed by atoms with van der Waals surface area (Å²) in [6.45, 7) is 2.42. The molecule has 1 heterocycles. The molecule has 7 heteroatoms. The van der Waals surface area contributed by atoms with Gasteiger partial charge >= 0.3 is 0 Å². The standard InChI is InChI=1S/C14H17ClN4OS/c1-19(10-11-6-3-2-4-7-11)9-5-8-16-12(20)13-17-18-14(15)21-13/h2-4,6-7H,5,8-10H2,1H3,(H,16,20). The lowest BCUT2D eigenvalue weighted by molar-refractivity contribution is 0.0951. The van der Waals surface area contributed by atoms with Crippen LogP contribution in [0.15, 0.2) is 30.3 Å². The van der Waals surface area contributed by atoms with E-state index in [1.54, 1.807) is 0 Å². The highest BCUT2D eigenvalue weighted by atomic mass is 35.5. The Morgan fingerprint density at radius 3 is 2.76 bits per heavy atom. The molecule has 0 fully saturated rings. The number of hydrogen-bond donors (Lipinski definition) is 1.